The molecule has 6 nitrogen and oxygen atoms in total. The number of fused-ring (bicyclic) bond motifs is 3. The van der Waals surface area contributed by atoms with Crippen LogP contribution in [0.2, 0.25) is 0 Å². The van der Waals surface area contributed by atoms with Gasteiger partial charge in [0, 0.05) is 29.4 Å². The van der Waals surface area contributed by atoms with E-state index in [4.69, 9.17) is 9.72 Å². The SMILES string of the molecule is CCc1c(-c2ccc(OCCN(C)C)cc2)nc2ncc3c(C)[nH][nH]c3c12. The van der Waals surface area contributed by atoms with Crippen LogP contribution in [-0.2, 0) is 6.42 Å². The highest BCUT2D eigenvalue weighted by Gasteiger charge is 2.18. The van der Waals surface area contributed by atoms with Crippen molar-refractivity contribution in [2.24, 2.45) is 0 Å². The molecule has 0 saturated heterocycles. The minimum atomic E-state index is 0.676. The first kappa shape index (κ1) is 17.5. The molecule has 0 spiro atoms. The fourth-order valence-electron chi connectivity index (χ4n) is 3.44. The molecular weight excluding hydrogens is 338 g/mol. The number of hydrogen-bond donors (Lipinski definition) is 2. The van der Waals surface area contributed by atoms with Gasteiger partial charge >= 0.3 is 0 Å². The number of rotatable bonds is 6. The molecule has 0 radical (unpaired) electrons. The monoisotopic (exact) mass is 363 g/mol. The third-order valence-corrected chi connectivity index (χ3v) is 4.93. The standard InChI is InChI=1S/C21H25N5O/c1-5-16-18-20-17(13(2)24-25-20)12-22-21(18)23-19(16)14-6-8-15(9-7-14)27-11-10-26(3)4/h6-9,12,24-25H,5,10-11H2,1-4H3. The van der Waals surface area contributed by atoms with Gasteiger partial charge in [-0.1, -0.05) is 6.92 Å². The van der Waals surface area contributed by atoms with Gasteiger partial charge in [0.2, 0.25) is 0 Å². The molecule has 6 heteroatoms. The van der Waals surface area contributed by atoms with Crippen LogP contribution in [-0.4, -0.2) is 52.3 Å². The number of benzene rings is 1. The van der Waals surface area contributed by atoms with Crippen LogP contribution in [0.5, 0.6) is 5.75 Å². The highest BCUT2D eigenvalue weighted by Crippen LogP contribution is 2.34. The van der Waals surface area contributed by atoms with Crippen LogP contribution in [0.4, 0.5) is 0 Å². The van der Waals surface area contributed by atoms with Gasteiger partial charge in [-0.2, -0.15) is 0 Å². The first-order chi connectivity index (χ1) is 13.1. The number of likely N-dealkylation sites (N-methyl/N-ethyl adjacent to an activating group) is 1. The lowest BCUT2D eigenvalue weighted by Crippen LogP contribution is -2.19. The van der Waals surface area contributed by atoms with Crippen molar-refractivity contribution in [1.82, 2.24) is 25.1 Å². The zero-order valence-electron chi connectivity index (χ0n) is 16.3. The first-order valence-electron chi connectivity index (χ1n) is 9.30. The third-order valence-electron chi connectivity index (χ3n) is 4.93. The van der Waals surface area contributed by atoms with Gasteiger partial charge in [-0.05, 0) is 57.3 Å². The molecule has 0 amide bonds. The van der Waals surface area contributed by atoms with Crippen molar-refractivity contribution in [3.63, 3.8) is 0 Å². The van der Waals surface area contributed by atoms with Gasteiger partial charge in [-0.25, -0.2) is 9.97 Å². The molecule has 4 rings (SSSR count). The van der Waals surface area contributed by atoms with Gasteiger partial charge < -0.3 is 14.7 Å². The highest BCUT2D eigenvalue weighted by molar-refractivity contribution is 6.07. The van der Waals surface area contributed by atoms with Crippen LogP contribution in [0.3, 0.4) is 0 Å². The van der Waals surface area contributed by atoms with Crippen LogP contribution < -0.4 is 4.74 Å². The predicted molar refractivity (Wildman–Crippen MR) is 109 cm³/mol. The van der Waals surface area contributed by atoms with Crippen molar-refractivity contribution in [2.75, 3.05) is 27.2 Å². The Morgan fingerprint density at radius 3 is 2.59 bits per heavy atom. The Morgan fingerprint density at radius 2 is 1.89 bits per heavy atom. The van der Waals surface area contributed by atoms with Crippen LogP contribution in [0.25, 0.3) is 33.2 Å². The molecule has 0 fully saturated rings. The third kappa shape index (κ3) is 3.17. The van der Waals surface area contributed by atoms with Crippen molar-refractivity contribution < 1.29 is 4.74 Å². The minimum Gasteiger partial charge on any atom is -0.492 e. The van der Waals surface area contributed by atoms with E-state index in [1.54, 1.807) is 0 Å². The van der Waals surface area contributed by atoms with E-state index in [1.165, 1.54) is 5.56 Å². The molecule has 0 aliphatic rings. The second kappa shape index (κ2) is 7.04. The molecule has 3 aromatic heterocycles. The highest BCUT2D eigenvalue weighted by atomic mass is 16.5. The fraction of sp³-hybridized carbons (Fsp3) is 0.333. The Kier molecular flexibility index (Phi) is 4.58. The molecule has 0 aliphatic carbocycles. The van der Waals surface area contributed by atoms with Crippen molar-refractivity contribution in [3.05, 3.63) is 41.7 Å². The summed E-state index contributed by atoms with van der Waals surface area (Å²) in [6, 6.07) is 8.18. The normalized spacial score (nSPS) is 11.7. The number of aromatic amines is 2. The number of aromatic nitrogens is 4. The van der Waals surface area contributed by atoms with Gasteiger partial charge in [0.05, 0.1) is 16.6 Å². The molecular formula is C21H25N5O. The topological polar surface area (TPSA) is 69.8 Å². The number of H-pyrrole nitrogens is 2. The van der Waals surface area contributed by atoms with Crippen LogP contribution >= 0.6 is 0 Å². The van der Waals surface area contributed by atoms with Gasteiger partial charge in [-0.3, -0.25) is 5.10 Å². The Hall–Kier alpha value is -2.86. The molecule has 1 aromatic carbocycles. The quantitative estimate of drug-likeness (QED) is 0.545. The summed E-state index contributed by atoms with van der Waals surface area (Å²) in [5.74, 6) is 0.880. The smallest absolute Gasteiger partial charge is 0.162 e. The van der Waals surface area contributed by atoms with Crippen molar-refractivity contribution in [1.29, 1.82) is 0 Å². The molecule has 27 heavy (non-hydrogen) atoms. The van der Waals surface area contributed by atoms with E-state index in [9.17, 15) is 0 Å². The van der Waals surface area contributed by atoms with E-state index >= 15 is 0 Å². The second-order valence-corrected chi connectivity index (χ2v) is 7.09. The summed E-state index contributed by atoms with van der Waals surface area (Å²) < 4.78 is 5.80. The van der Waals surface area contributed by atoms with Gasteiger partial charge in [0.15, 0.2) is 5.65 Å². The van der Waals surface area contributed by atoms with E-state index in [2.05, 4.69) is 39.1 Å². The van der Waals surface area contributed by atoms with Crippen LogP contribution in [0.1, 0.15) is 18.2 Å². The van der Waals surface area contributed by atoms with E-state index < -0.39 is 0 Å². The number of pyridine rings is 1. The van der Waals surface area contributed by atoms with Gasteiger partial charge in [-0.15, -0.1) is 0 Å². The summed E-state index contributed by atoms with van der Waals surface area (Å²) in [6.45, 7) is 5.78. The van der Waals surface area contributed by atoms with E-state index in [-0.39, 0.29) is 0 Å². The zero-order valence-corrected chi connectivity index (χ0v) is 16.3. The van der Waals surface area contributed by atoms with Gasteiger partial charge in [0.1, 0.15) is 12.4 Å². The molecule has 3 heterocycles. The maximum absolute atomic E-state index is 5.80. The predicted octanol–water partition coefficient (Wildman–Crippen LogP) is 3.92. The number of ether oxygens (including phenoxy) is 1. The van der Waals surface area contributed by atoms with Crippen LogP contribution in [0, 0.1) is 6.92 Å². The maximum Gasteiger partial charge on any atom is 0.162 e. The molecule has 2 N–H and O–H groups in total. The summed E-state index contributed by atoms with van der Waals surface area (Å²) in [5, 5.41) is 8.70. The fourth-order valence-corrected chi connectivity index (χ4v) is 3.44. The summed E-state index contributed by atoms with van der Waals surface area (Å²) in [7, 11) is 4.08. The van der Waals surface area contributed by atoms with Crippen LogP contribution in [0.15, 0.2) is 30.5 Å². The number of nitrogens with one attached hydrogen (secondary N) is 2. The van der Waals surface area contributed by atoms with E-state index in [0.717, 1.165) is 57.6 Å². The largest absolute Gasteiger partial charge is 0.492 e. The lowest BCUT2D eigenvalue weighted by molar-refractivity contribution is 0.261. The Bertz CT molecular complexity index is 1080. The Morgan fingerprint density at radius 1 is 1.11 bits per heavy atom. The molecule has 0 atom stereocenters. The summed E-state index contributed by atoms with van der Waals surface area (Å²) in [4.78, 5) is 11.5. The zero-order chi connectivity index (χ0) is 19.0. The Balaban J connectivity index is 1.72. The second-order valence-electron chi connectivity index (χ2n) is 7.09. The summed E-state index contributed by atoms with van der Waals surface area (Å²) >= 11 is 0. The lowest BCUT2D eigenvalue weighted by atomic mass is 10.0. The number of aryl methyl sites for hydroxylation is 2. The maximum atomic E-state index is 5.80. The van der Waals surface area contributed by atoms with Crippen molar-refractivity contribution in [3.8, 4) is 17.0 Å². The lowest BCUT2D eigenvalue weighted by Gasteiger charge is -2.11. The molecule has 0 saturated carbocycles. The molecule has 140 valence electrons. The first-order valence-corrected chi connectivity index (χ1v) is 9.30. The molecule has 0 unspecified atom stereocenters. The summed E-state index contributed by atoms with van der Waals surface area (Å²) in [5.41, 5.74) is 6.26. The minimum absolute atomic E-state index is 0.676. The van der Waals surface area contributed by atoms with E-state index in [0.29, 0.717) is 6.61 Å². The average molecular weight is 363 g/mol. The average Bonchev–Trinajstić information content (AvgIpc) is 3.22. The number of nitrogens with zero attached hydrogens (tertiary/aromatic N) is 3. The molecule has 0 bridgehead atoms. The molecule has 4 aromatic rings. The van der Waals surface area contributed by atoms with Gasteiger partial charge in [0.25, 0.3) is 0 Å². The van der Waals surface area contributed by atoms with Crippen molar-refractivity contribution in [2.45, 2.75) is 20.3 Å². The number of hydrogen-bond acceptors (Lipinski definition) is 4. The Labute approximate surface area is 158 Å². The molecule has 0 aliphatic heterocycles. The van der Waals surface area contributed by atoms with E-state index in [1.807, 2.05) is 39.3 Å². The summed E-state index contributed by atoms with van der Waals surface area (Å²) in [6.07, 6.45) is 2.78. The van der Waals surface area contributed by atoms with Crippen molar-refractivity contribution >= 4 is 21.9 Å².